The van der Waals surface area contributed by atoms with Crippen LogP contribution in [0.5, 0.6) is 0 Å². The number of hydrogen-bond acceptors (Lipinski definition) is 8. The number of nitrogens with one attached hydrogen (secondary N) is 1. The molecule has 1 fully saturated rings. The SMILES string of the molecule is C=CC(=O)N1CC([I-]/C=C/n2nc(C#Cc3ccc4n[nH]nc4c3)c3c(N)ncnc32)C[C@@H]1COC. The van der Waals surface area contributed by atoms with Gasteiger partial charge in [0.05, 0.1) is 0 Å². The molecule has 3 N–H and O–H groups in total. The predicted octanol–water partition coefficient (Wildman–Crippen LogP) is -1.60. The number of hydrogen-bond donors (Lipinski definition) is 2. The average Bonchev–Trinajstić information content (AvgIpc) is 3.60. The van der Waals surface area contributed by atoms with Gasteiger partial charge in [-0.05, 0) is 0 Å². The number of H-pyrrole nitrogens is 1. The van der Waals surface area contributed by atoms with Gasteiger partial charge in [0.1, 0.15) is 0 Å². The fraction of sp³-hybridized carbons (Fsp3) is 0.250. The quantitative estimate of drug-likeness (QED) is 0.117. The second-order valence-corrected chi connectivity index (χ2v) is 11.3. The van der Waals surface area contributed by atoms with Crippen molar-refractivity contribution < 1.29 is 30.7 Å². The van der Waals surface area contributed by atoms with Gasteiger partial charge in [0.2, 0.25) is 0 Å². The Bertz CT molecular complexity index is 1530. The summed E-state index contributed by atoms with van der Waals surface area (Å²) < 4.78 is 9.55. The molecule has 1 amide bonds. The molecule has 11 nitrogen and oxygen atoms in total. The number of rotatable bonds is 6. The number of anilines is 1. The molecule has 4 heterocycles. The zero-order valence-corrected chi connectivity index (χ0v) is 21.6. The summed E-state index contributed by atoms with van der Waals surface area (Å²) in [6.07, 6.45) is 5.59. The first-order valence-electron chi connectivity index (χ1n) is 11.1. The number of nitrogens with zero attached hydrogens (tertiary/aromatic N) is 7. The summed E-state index contributed by atoms with van der Waals surface area (Å²) in [6, 6.07) is 5.66. The number of aromatic amines is 1. The third-order valence-electron chi connectivity index (χ3n) is 5.79. The monoisotopic (exact) mass is 596 g/mol. The molecule has 184 valence electrons. The summed E-state index contributed by atoms with van der Waals surface area (Å²) >= 11 is -0.366. The minimum atomic E-state index is -0.366. The summed E-state index contributed by atoms with van der Waals surface area (Å²) in [5.41, 5.74) is 9.53. The Morgan fingerprint density at radius 1 is 1.33 bits per heavy atom. The zero-order valence-electron chi connectivity index (χ0n) is 19.4. The van der Waals surface area contributed by atoms with Crippen LogP contribution in [0.4, 0.5) is 5.82 Å². The maximum atomic E-state index is 12.2. The molecule has 1 aliphatic rings. The van der Waals surface area contributed by atoms with E-state index in [-0.39, 0.29) is 33.2 Å². The second-order valence-electron chi connectivity index (χ2n) is 8.07. The molecule has 3 aromatic heterocycles. The van der Waals surface area contributed by atoms with Crippen molar-refractivity contribution in [2.24, 2.45) is 0 Å². The summed E-state index contributed by atoms with van der Waals surface area (Å²) in [5.74, 6) is 6.50. The van der Waals surface area contributed by atoms with Gasteiger partial charge in [-0.25, -0.2) is 0 Å². The molecule has 2 atom stereocenters. The normalized spacial score (nSPS) is 17.8. The van der Waals surface area contributed by atoms with E-state index in [4.69, 9.17) is 10.5 Å². The summed E-state index contributed by atoms with van der Waals surface area (Å²) in [7, 11) is 1.66. The number of halogens is 1. The van der Waals surface area contributed by atoms with Crippen LogP contribution in [0.2, 0.25) is 0 Å². The Kier molecular flexibility index (Phi) is 6.92. The fourth-order valence-corrected chi connectivity index (χ4v) is 6.72. The van der Waals surface area contributed by atoms with Crippen molar-refractivity contribution in [1.29, 1.82) is 0 Å². The van der Waals surface area contributed by atoms with Crippen molar-refractivity contribution in [3.63, 3.8) is 0 Å². The molecule has 0 radical (unpaired) electrons. The van der Waals surface area contributed by atoms with Crippen LogP contribution < -0.4 is 26.9 Å². The number of carbonyl (C=O) groups is 1. The first-order valence-corrected chi connectivity index (χ1v) is 13.6. The third-order valence-corrected chi connectivity index (χ3v) is 8.44. The van der Waals surface area contributed by atoms with Gasteiger partial charge in [0, 0.05) is 0 Å². The topological polar surface area (TPSA) is 141 Å². The van der Waals surface area contributed by atoms with Crippen molar-refractivity contribution in [2.75, 3.05) is 26.0 Å². The number of amides is 1. The van der Waals surface area contributed by atoms with Crippen LogP contribution in [-0.2, 0) is 9.53 Å². The summed E-state index contributed by atoms with van der Waals surface area (Å²) in [6.45, 7) is 4.85. The van der Waals surface area contributed by atoms with Crippen LogP contribution in [0.15, 0.2) is 41.3 Å². The predicted molar refractivity (Wildman–Crippen MR) is 131 cm³/mol. The van der Waals surface area contributed by atoms with E-state index in [1.54, 1.807) is 11.8 Å². The Morgan fingerprint density at radius 3 is 3.03 bits per heavy atom. The number of benzene rings is 1. The Morgan fingerprint density at radius 2 is 2.19 bits per heavy atom. The van der Waals surface area contributed by atoms with Crippen LogP contribution in [-0.4, -0.2) is 76.2 Å². The number of nitrogens with two attached hydrogens (primary N) is 1. The van der Waals surface area contributed by atoms with Gasteiger partial charge in [-0.1, -0.05) is 0 Å². The van der Waals surface area contributed by atoms with Gasteiger partial charge in [-0.2, -0.15) is 0 Å². The third kappa shape index (κ3) is 4.79. The van der Waals surface area contributed by atoms with E-state index in [1.807, 2.05) is 29.3 Å². The van der Waals surface area contributed by atoms with Crippen molar-refractivity contribution in [3.05, 3.63) is 52.5 Å². The van der Waals surface area contributed by atoms with Gasteiger partial charge in [-0.15, -0.1) is 0 Å². The van der Waals surface area contributed by atoms with Gasteiger partial charge in [-0.3, -0.25) is 0 Å². The molecule has 5 rings (SSSR count). The van der Waals surface area contributed by atoms with Crippen LogP contribution in [0.1, 0.15) is 17.7 Å². The molecule has 1 aromatic carbocycles. The van der Waals surface area contributed by atoms with E-state index in [9.17, 15) is 4.79 Å². The van der Waals surface area contributed by atoms with E-state index < -0.39 is 0 Å². The molecule has 1 aliphatic heterocycles. The number of carbonyl (C=O) groups excluding carboxylic acids is 1. The van der Waals surface area contributed by atoms with Crippen molar-refractivity contribution in [2.45, 2.75) is 16.4 Å². The van der Waals surface area contributed by atoms with Crippen molar-refractivity contribution in [3.8, 4) is 11.8 Å². The van der Waals surface area contributed by atoms with Gasteiger partial charge in [0.25, 0.3) is 0 Å². The number of methoxy groups -OCH3 is 1. The number of fused-ring (bicyclic) bond motifs is 2. The first-order chi connectivity index (χ1) is 17.6. The summed E-state index contributed by atoms with van der Waals surface area (Å²) in [5, 5.41) is 16.0. The van der Waals surface area contributed by atoms with E-state index >= 15 is 0 Å². The number of alkyl halides is 1. The van der Waals surface area contributed by atoms with E-state index in [0.717, 1.165) is 23.0 Å². The number of ether oxygens (including phenoxy) is 1. The van der Waals surface area contributed by atoms with Gasteiger partial charge >= 0.3 is 218 Å². The molecular weight excluding hydrogens is 573 g/mol. The Hall–Kier alpha value is -3.83. The van der Waals surface area contributed by atoms with E-state index in [1.165, 1.54) is 12.4 Å². The molecule has 1 saturated heterocycles. The fourth-order valence-electron chi connectivity index (χ4n) is 4.11. The van der Waals surface area contributed by atoms with E-state index in [0.29, 0.717) is 39.6 Å². The molecular formula is C24H23IN9O2-. The number of aromatic nitrogens is 7. The van der Waals surface area contributed by atoms with Crippen LogP contribution in [0.3, 0.4) is 0 Å². The molecule has 0 aliphatic carbocycles. The van der Waals surface area contributed by atoms with Crippen LogP contribution in [0, 0.1) is 11.8 Å². The van der Waals surface area contributed by atoms with Gasteiger partial charge in [0.15, 0.2) is 0 Å². The molecule has 0 saturated carbocycles. The molecule has 4 aromatic rings. The maximum absolute atomic E-state index is 12.2. The second kappa shape index (κ2) is 10.4. The Balaban J connectivity index is 1.38. The molecule has 0 spiro atoms. The van der Waals surface area contributed by atoms with E-state index in [2.05, 4.69) is 53.0 Å². The number of likely N-dealkylation sites (tertiary alicyclic amines) is 1. The Labute approximate surface area is 217 Å². The average molecular weight is 596 g/mol. The minimum absolute atomic E-state index is 0.0521. The molecule has 1 unspecified atom stereocenters. The van der Waals surface area contributed by atoms with Crippen molar-refractivity contribution in [1.82, 2.24) is 40.1 Å². The van der Waals surface area contributed by atoms with Crippen LogP contribution >= 0.6 is 0 Å². The van der Waals surface area contributed by atoms with Crippen molar-refractivity contribution >= 4 is 40.0 Å². The molecule has 0 bridgehead atoms. The standard InChI is InChI=1S/C24H23IN9O2/c1-3-21(35)33-12-16(11-17(33)13-36-2)25-8-9-34-24-22(23(26)27-14-28-24)19(31-34)7-5-15-4-6-18-20(10-15)30-32-29-18/h3-4,6,8-10,14,16-17H,1,11-13H2,2H3,(H2,26,27,28)(H,29,30,32)/q-1/b9-8+/t16?,17-/m1/s1. The summed E-state index contributed by atoms with van der Waals surface area (Å²) in [4.78, 5) is 22.6. The van der Waals surface area contributed by atoms with Gasteiger partial charge < -0.3 is 0 Å². The van der Waals surface area contributed by atoms with Crippen LogP contribution in [0.25, 0.3) is 28.3 Å². The molecule has 36 heavy (non-hydrogen) atoms. The molecule has 12 heteroatoms. The first kappa shape index (κ1) is 23.9. The number of nitrogen functional groups attached to an aromatic ring is 1. The zero-order chi connectivity index (χ0) is 25.1.